The number of nitrogens with zero attached hydrogens (tertiary/aromatic N) is 3. The molecule has 3 N–H and O–H groups in total. The summed E-state index contributed by atoms with van der Waals surface area (Å²) < 4.78 is 18.9. The van der Waals surface area contributed by atoms with Gasteiger partial charge in [0.25, 0.3) is 0 Å². The van der Waals surface area contributed by atoms with Gasteiger partial charge < -0.3 is 20.7 Å². The summed E-state index contributed by atoms with van der Waals surface area (Å²) in [7, 11) is 1.54. The lowest BCUT2D eigenvalue weighted by Gasteiger charge is -2.28. The summed E-state index contributed by atoms with van der Waals surface area (Å²) in [6.45, 7) is 9.79. The lowest BCUT2D eigenvalue weighted by atomic mass is 10.2. The highest BCUT2D eigenvalue weighted by atomic mass is 32.2. The highest BCUT2D eigenvalue weighted by Gasteiger charge is 2.27. The van der Waals surface area contributed by atoms with E-state index in [1.807, 2.05) is 18.2 Å². The van der Waals surface area contributed by atoms with Gasteiger partial charge >= 0.3 is 6.09 Å². The van der Waals surface area contributed by atoms with Gasteiger partial charge in [-0.15, -0.1) is 11.8 Å². The fourth-order valence-electron chi connectivity index (χ4n) is 3.40. The summed E-state index contributed by atoms with van der Waals surface area (Å²) in [6.07, 6.45) is 2.11. The molecule has 11 heteroatoms. The normalized spacial score (nSPS) is 11.9. The van der Waals surface area contributed by atoms with E-state index in [2.05, 4.69) is 32.8 Å². The Labute approximate surface area is 239 Å². The van der Waals surface area contributed by atoms with Gasteiger partial charge in [0.1, 0.15) is 23.3 Å². The van der Waals surface area contributed by atoms with Crippen molar-refractivity contribution in [3.63, 3.8) is 0 Å². The molecule has 40 heavy (non-hydrogen) atoms. The van der Waals surface area contributed by atoms with E-state index in [1.54, 1.807) is 63.9 Å². The number of aromatic nitrogens is 2. The van der Waals surface area contributed by atoms with Gasteiger partial charge in [-0.3, -0.25) is 9.69 Å². The Morgan fingerprint density at radius 3 is 2.55 bits per heavy atom. The largest absolute Gasteiger partial charge is 0.444 e. The van der Waals surface area contributed by atoms with Crippen molar-refractivity contribution < 1.29 is 18.7 Å². The average Bonchev–Trinajstić information content (AvgIpc) is 2.89. The number of likely N-dealkylation sites (N-methyl/N-ethyl adjacent to an activating group) is 1. The molecule has 0 fully saturated rings. The number of thioether (sulfide) groups is 1. The van der Waals surface area contributed by atoms with Crippen molar-refractivity contribution in [2.24, 2.45) is 0 Å². The van der Waals surface area contributed by atoms with Crippen molar-refractivity contribution >= 4 is 46.9 Å². The number of hydrogen-bond acceptors (Lipinski definition) is 8. The molecular weight excluding hydrogens is 531 g/mol. The number of carbonyl (C=O) groups is 2. The topological polar surface area (TPSA) is 108 Å². The van der Waals surface area contributed by atoms with E-state index < -0.39 is 17.7 Å². The minimum Gasteiger partial charge on any atom is -0.444 e. The smallest absolute Gasteiger partial charge is 0.410 e. The molecule has 0 aliphatic carbocycles. The standard InChI is InChI=1S/C29H37FN6O3S/c1-7-14-31-25-20(17-32-27(35-25)34-22-11-8-10-21(30)15-22)18-40-24-13-9-12-23(16-24)33-26(37)19(2)36(6)28(38)39-29(3,4)5/h8-13,15-17,19H,7,14,18H2,1-6H3,(H,33,37)(H2,31,32,34,35)/t19-/m0/s1. The zero-order valence-electron chi connectivity index (χ0n) is 23.7. The number of rotatable bonds is 11. The maximum Gasteiger partial charge on any atom is 0.410 e. The quantitative estimate of drug-likeness (QED) is 0.220. The van der Waals surface area contributed by atoms with Crippen LogP contribution in [0.4, 0.5) is 32.3 Å². The molecule has 9 nitrogen and oxygen atoms in total. The van der Waals surface area contributed by atoms with Gasteiger partial charge in [-0.1, -0.05) is 19.1 Å². The van der Waals surface area contributed by atoms with E-state index in [-0.39, 0.29) is 11.7 Å². The molecule has 0 radical (unpaired) electrons. The molecule has 0 bridgehead atoms. The first-order chi connectivity index (χ1) is 18.9. The number of amides is 2. The van der Waals surface area contributed by atoms with Gasteiger partial charge in [-0.25, -0.2) is 14.2 Å². The number of benzene rings is 2. The van der Waals surface area contributed by atoms with Crippen LogP contribution in [-0.2, 0) is 15.3 Å². The predicted molar refractivity (Wildman–Crippen MR) is 159 cm³/mol. The molecule has 0 aliphatic rings. The van der Waals surface area contributed by atoms with Gasteiger partial charge in [0, 0.05) is 47.4 Å². The third-order valence-electron chi connectivity index (χ3n) is 5.63. The summed E-state index contributed by atoms with van der Waals surface area (Å²) in [4.78, 5) is 36.4. The monoisotopic (exact) mass is 568 g/mol. The molecular formula is C29H37FN6O3S. The maximum absolute atomic E-state index is 13.6. The molecule has 214 valence electrons. The lowest BCUT2D eigenvalue weighted by molar-refractivity contribution is -0.120. The van der Waals surface area contributed by atoms with Gasteiger partial charge in [0.2, 0.25) is 11.9 Å². The predicted octanol–water partition coefficient (Wildman–Crippen LogP) is 6.67. The summed E-state index contributed by atoms with van der Waals surface area (Å²) in [6, 6.07) is 12.9. The Balaban J connectivity index is 1.65. The first-order valence-corrected chi connectivity index (χ1v) is 14.1. The number of halogens is 1. The van der Waals surface area contributed by atoms with E-state index in [9.17, 15) is 14.0 Å². The van der Waals surface area contributed by atoms with Crippen LogP contribution in [0, 0.1) is 5.82 Å². The first-order valence-electron chi connectivity index (χ1n) is 13.1. The Morgan fingerprint density at radius 2 is 1.85 bits per heavy atom. The molecule has 0 spiro atoms. The molecule has 0 saturated heterocycles. The molecule has 1 atom stereocenters. The van der Waals surface area contributed by atoms with Crippen LogP contribution in [-0.4, -0.2) is 52.1 Å². The Kier molecular flexibility index (Phi) is 10.7. The van der Waals surface area contributed by atoms with Gasteiger partial charge in [-0.05, 0) is 70.5 Å². The first kappa shape index (κ1) is 30.7. The van der Waals surface area contributed by atoms with Crippen molar-refractivity contribution in [1.29, 1.82) is 0 Å². The van der Waals surface area contributed by atoms with Crippen LogP contribution in [0.2, 0.25) is 0 Å². The maximum atomic E-state index is 13.6. The zero-order valence-corrected chi connectivity index (χ0v) is 24.6. The van der Waals surface area contributed by atoms with Crippen LogP contribution in [0.5, 0.6) is 0 Å². The van der Waals surface area contributed by atoms with Crippen molar-refractivity contribution in [3.05, 3.63) is 66.1 Å². The molecule has 0 saturated carbocycles. The number of hydrogen-bond donors (Lipinski definition) is 3. The summed E-state index contributed by atoms with van der Waals surface area (Å²) in [5.74, 6) is 0.989. The number of ether oxygens (including phenoxy) is 1. The van der Waals surface area contributed by atoms with Gasteiger partial charge in [-0.2, -0.15) is 4.98 Å². The molecule has 1 heterocycles. The third kappa shape index (κ3) is 9.41. The number of anilines is 4. The number of carbonyl (C=O) groups excluding carboxylic acids is 2. The second-order valence-electron chi connectivity index (χ2n) is 10.2. The fourth-order valence-corrected chi connectivity index (χ4v) is 4.32. The second-order valence-corrected chi connectivity index (χ2v) is 11.3. The second kappa shape index (κ2) is 14.0. The molecule has 2 amide bonds. The average molecular weight is 569 g/mol. The Bertz CT molecular complexity index is 1320. The van der Waals surface area contributed by atoms with Crippen LogP contribution >= 0.6 is 11.8 Å². The van der Waals surface area contributed by atoms with Crippen LogP contribution < -0.4 is 16.0 Å². The van der Waals surface area contributed by atoms with Crippen LogP contribution in [0.15, 0.2) is 59.6 Å². The van der Waals surface area contributed by atoms with E-state index in [1.165, 1.54) is 24.1 Å². The van der Waals surface area contributed by atoms with Crippen LogP contribution in [0.3, 0.4) is 0 Å². The van der Waals surface area contributed by atoms with E-state index >= 15 is 0 Å². The Morgan fingerprint density at radius 1 is 1.12 bits per heavy atom. The SMILES string of the molecule is CCCNc1nc(Nc2cccc(F)c2)ncc1CSc1cccc(NC(=O)[C@H](C)N(C)C(=O)OC(C)(C)C)c1. The van der Waals surface area contributed by atoms with Crippen molar-refractivity contribution in [3.8, 4) is 0 Å². The fraction of sp³-hybridized carbons (Fsp3) is 0.379. The minimum atomic E-state index is -0.727. The molecule has 0 unspecified atom stereocenters. The van der Waals surface area contributed by atoms with E-state index in [4.69, 9.17) is 4.74 Å². The zero-order chi connectivity index (χ0) is 29.3. The van der Waals surface area contributed by atoms with Gasteiger partial charge in [0.15, 0.2) is 0 Å². The van der Waals surface area contributed by atoms with Crippen molar-refractivity contribution in [1.82, 2.24) is 14.9 Å². The summed E-state index contributed by atoms with van der Waals surface area (Å²) in [5.41, 5.74) is 1.44. The highest BCUT2D eigenvalue weighted by Crippen LogP contribution is 2.28. The molecule has 3 rings (SSSR count). The third-order valence-corrected chi connectivity index (χ3v) is 6.67. The minimum absolute atomic E-state index is 0.323. The van der Waals surface area contributed by atoms with Crippen LogP contribution in [0.25, 0.3) is 0 Å². The molecule has 3 aromatic rings. The summed E-state index contributed by atoms with van der Waals surface area (Å²) in [5, 5.41) is 9.26. The highest BCUT2D eigenvalue weighted by molar-refractivity contribution is 7.98. The van der Waals surface area contributed by atoms with Gasteiger partial charge in [0.05, 0.1) is 0 Å². The van der Waals surface area contributed by atoms with Crippen LogP contribution in [0.1, 0.15) is 46.6 Å². The molecule has 0 aliphatic heterocycles. The Hall–Kier alpha value is -3.86. The molecule has 2 aromatic carbocycles. The summed E-state index contributed by atoms with van der Waals surface area (Å²) >= 11 is 1.57. The van der Waals surface area contributed by atoms with Crippen molar-refractivity contribution in [2.45, 2.75) is 63.3 Å². The van der Waals surface area contributed by atoms with Crippen molar-refractivity contribution in [2.75, 3.05) is 29.5 Å². The number of nitrogens with one attached hydrogen (secondary N) is 3. The molecule has 1 aromatic heterocycles. The lowest BCUT2D eigenvalue weighted by Crippen LogP contribution is -2.45. The van der Waals surface area contributed by atoms with E-state index in [0.29, 0.717) is 28.9 Å². The van der Waals surface area contributed by atoms with E-state index in [0.717, 1.165) is 23.4 Å².